The second-order valence-corrected chi connectivity index (χ2v) is 32.2. The third-order valence-electron chi connectivity index (χ3n) is 15.0. The van der Waals surface area contributed by atoms with Gasteiger partial charge in [-0.3, -0.25) is 41.9 Å². The zero-order valence-electron chi connectivity index (χ0n) is 47.6. The van der Waals surface area contributed by atoms with Gasteiger partial charge in [0, 0.05) is 70.9 Å². The molecule has 6 aromatic rings. The van der Waals surface area contributed by atoms with Crippen LogP contribution in [0.1, 0.15) is 80.0 Å². The lowest BCUT2D eigenvalue weighted by atomic mass is 9.78. The van der Waals surface area contributed by atoms with E-state index in [1.807, 2.05) is 0 Å². The predicted molar refractivity (Wildman–Crippen MR) is 325 cm³/mol. The van der Waals surface area contributed by atoms with Crippen LogP contribution < -0.4 is 25.6 Å². The van der Waals surface area contributed by atoms with Gasteiger partial charge in [0.15, 0.2) is 0 Å². The van der Waals surface area contributed by atoms with Crippen LogP contribution in [0.4, 0.5) is 11.4 Å². The maximum absolute atomic E-state index is 13.5. The largest absolute Gasteiger partial charge is 0.364 e. The van der Waals surface area contributed by atoms with Gasteiger partial charge in [0.2, 0.25) is 15.9 Å². The number of carbonyl (C=O) groups is 2. The zero-order valence-corrected chi connectivity index (χ0v) is 53.4. The van der Waals surface area contributed by atoms with E-state index in [1.165, 1.54) is 48.7 Å². The van der Waals surface area contributed by atoms with Crippen molar-refractivity contribution in [1.29, 1.82) is 0 Å². The van der Waals surface area contributed by atoms with E-state index in [1.54, 1.807) is 55.7 Å². The monoisotopic (exact) mass is 1380 g/mol. The van der Waals surface area contributed by atoms with Crippen LogP contribution in [-0.4, -0.2) is 150 Å². The van der Waals surface area contributed by atoms with Crippen LogP contribution in [0.2, 0.25) is 0 Å². The molecule has 2 amide bonds. The summed E-state index contributed by atoms with van der Waals surface area (Å²) in [7, 11) is -33.8. The quantitative estimate of drug-likeness (QED) is 0.0327. The summed E-state index contributed by atoms with van der Waals surface area (Å²) in [5, 5.41) is 9.73. The fraction of sp³-hybridized carbons (Fsp3) is 0.302. The Kier molecular flexibility index (Phi) is 18.9. The number of pyridine rings is 1. The molecular weight excluding hydrogens is 1330 g/mol. The second kappa shape index (κ2) is 24.8. The normalized spacial score (nSPS) is 16.9. The Hall–Kier alpha value is -7.24. The lowest BCUT2D eigenvalue weighted by Gasteiger charge is -2.32. The van der Waals surface area contributed by atoms with Gasteiger partial charge in [-0.05, 0) is 94.9 Å². The first kappa shape index (κ1) is 68.7. The van der Waals surface area contributed by atoms with Crippen LogP contribution in [-0.2, 0) is 92.9 Å². The molecule has 1 unspecified atom stereocenters. The van der Waals surface area contributed by atoms with Crippen molar-refractivity contribution in [3.63, 3.8) is 0 Å². The van der Waals surface area contributed by atoms with Crippen LogP contribution in [0.15, 0.2) is 134 Å². The van der Waals surface area contributed by atoms with Crippen LogP contribution in [0, 0.1) is 0 Å². The van der Waals surface area contributed by atoms with E-state index in [9.17, 15) is 95.8 Å². The molecule has 10 N–H and O–H groups in total. The number of nitrogens with two attached hydrogens (primary N) is 1. The summed E-state index contributed by atoms with van der Waals surface area (Å²) in [6.07, 6.45) is 8.68. The molecule has 4 heterocycles. The Balaban J connectivity index is 1.26. The number of fused-ring (bicyclic) bond motifs is 6. The number of anilines is 2. The van der Waals surface area contributed by atoms with Gasteiger partial charge in [-0.2, -0.15) is 50.5 Å². The Morgan fingerprint density at radius 3 is 1.64 bits per heavy atom. The zero-order chi connectivity index (χ0) is 66.7. The number of allylic oxidation sites excluding steroid dienone is 5. The fourth-order valence-electron chi connectivity index (χ4n) is 11.0. The van der Waals surface area contributed by atoms with Crippen molar-refractivity contribution in [1.82, 2.24) is 25.6 Å². The molecule has 484 valence electrons. The molecule has 0 radical (unpaired) electrons. The molecule has 0 saturated carbocycles. The highest BCUT2D eigenvalue weighted by Crippen LogP contribution is 2.53. The third kappa shape index (κ3) is 15.2. The van der Waals surface area contributed by atoms with Gasteiger partial charge in [0.1, 0.15) is 20.5 Å². The standard InChI is InChI=1S/C53H58N8O22S7/c1-52(2)45(60(19-5-21-84(64,65)66)41-13-10-36-38(49(41)52)23-33(87(72,73)74)25-43(36)89(78,79)80)15-8-31(40-12-7-32(27-56-40)51(63)55-18-17-48(62)59-30-47-57-28-35(29-58-47)86(54,70)71)9-16-46-53(3,4)50-39-24-34(88(75,76)77)26-44(90(81,82)83)37(39)11-14-42(50)61(46)20-6-22-85(67,68)69/h7-16,23-29,45H,5-6,17-22,30H2,1-4H3,(H,55,63)(H,59,62)(H2,54,70,71)(H,64,65,66)(H,67,68,69)(H,72,73,74)(H,75,76,77)(H,78,79,80)(H,81,82,83)/b15-8+,31-9?,46-16?. The van der Waals surface area contributed by atoms with Gasteiger partial charge < -0.3 is 20.4 Å². The molecule has 30 nitrogen and oxygen atoms in total. The number of primary sulfonamides is 1. The Morgan fingerprint density at radius 1 is 0.611 bits per heavy atom. The molecular formula is C53H58N8O22S7. The summed E-state index contributed by atoms with van der Waals surface area (Å²) in [5.41, 5.74) is -0.971. The van der Waals surface area contributed by atoms with E-state index in [2.05, 4.69) is 25.6 Å². The van der Waals surface area contributed by atoms with Gasteiger partial charge >= 0.3 is 0 Å². The third-order valence-corrected chi connectivity index (χ3v) is 20.9. The molecule has 37 heteroatoms. The van der Waals surface area contributed by atoms with Crippen LogP contribution in [0.5, 0.6) is 0 Å². The molecule has 90 heavy (non-hydrogen) atoms. The number of nitrogens with zero attached hydrogens (tertiary/aromatic N) is 5. The molecule has 4 aromatic carbocycles. The minimum Gasteiger partial charge on any atom is -0.364 e. The summed E-state index contributed by atoms with van der Waals surface area (Å²) in [5.74, 6) is -2.66. The lowest BCUT2D eigenvalue weighted by Crippen LogP contribution is -2.41. The van der Waals surface area contributed by atoms with Crippen LogP contribution in [0.3, 0.4) is 0 Å². The van der Waals surface area contributed by atoms with E-state index in [0.29, 0.717) is 23.5 Å². The van der Waals surface area contributed by atoms with E-state index in [4.69, 9.17) is 5.14 Å². The van der Waals surface area contributed by atoms with Crippen LogP contribution >= 0.6 is 0 Å². The summed E-state index contributed by atoms with van der Waals surface area (Å²) in [6, 6.07) is 10.4. The van der Waals surface area contributed by atoms with Gasteiger partial charge in [0.25, 0.3) is 66.6 Å². The Morgan fingerprint density at radius 2 is 1.14 bits per heavy atom. The molecule has 0 spiro atoms. The van der Waals surface area contributed by atoms with Crippen molar-refractivity contribution in [3.05, 3.63) is 137 Å². The summed E-state index contributed by atoms with van der Waals surface area (Å²) in [6.45, 7) is 5.94. The maximum atomic E-state index is 13.5. The van der Waals surface area contributed by atoms with Crippen molar-refractivity contribution in [2.75, 3.05) is 40.9 Å². The SMILES string of the molecule is CC1(C)C(=CC=C(/C=C/C2N(CCCS(=O)(=O)O)c3ccc4c(S(=O)(=O)O)cc(S(=O)(=O)O)cc4c3C2(C)C)c2ccc(C(=O)NCCC(=O)NCc3ncc(S(N)(=O)=O)cn3)cn2)N(CCCS(=O)(=O)O)c2ccc3c(S(=O)(=O)O)cc(S(=O)(=O)O)cc3c21. The molecule has 0 bridgehead atoms. The van der Waals surface area contributed by atoms with E-state index in [0.717, 1.165) is 24.5 Å². The molecule has 2 aliphatic heterocycles. The number of benzene rings is 4. The van der Waals surface area contributed by atoms with Crippen molar-refractivity contribution < 1.29 is 95.8 Å². The number of rotatable bonds is 23. The predicted octanol–water partition coefficient (Wildman–Crippen LogP) is 3.59. The van der Waals surface area contributed by atoms with E-state index in [-0.39, 0.29) is 111 Å². The second-order valence-electron chi connectivity index (χ2n) is 21.9. The van der Waals surface area contributed by atoms with Crippen molar-refractivity contribution >= 4 is 121 Å². The molecule has 2 aliphatic rings. The first-order valence-corrected chi connectivity index (χ1v) is 36.9. The number of sulfonamides is 1. The first-order valence-electron chi connectivity index (χ1n) is 26.4. The van der Waals surface area contributed by atoms with Crippen LogP contribution in [0.25, 0.3) is 27.1 Å². The van der Waals surface area contributed by atoms with E-state index < -0.39 is 131 Å². The summed E-state index contributed by atoms with van der Waals surface area (Å²) >= 11 is 0. The highest BCUT2D eigenvalue weighted by Gasteiger charge is 2.46. The van der Waals surface area contributed by atoms with Crippen molar-refractivity contribution in [3.8, 4) is 0 Å². The highest BCUT2D eigenvalue weighted by molar-refractivity contribution is 7.89. The molecule has 0 fully saturated rings. The molecule has 2 aromatic heterocycles. The number of amides is 2. The molecule has 1 atom stereocenters. The topological polar surface area (TPSA) is 490 Å². The number of aromatic nitrogens is 3. The number of hydrogen-bond acceptors (Lipinski definition) is 21. The average molecular weight is 1380 g/mol. The van der Waals surface area contributed by atoms with Gasteiger partial charge in [-0.15, -0.1) is 0 Å². The minimum absolute atomic E-state index is 0.0141. The first-order chi connectivity index (χ1) is 41.4. The Bertz CT molecular complexity index is 4890. The molecule has 0 aliphatic carbocycles. The molecule has 8 rings (SSSR count). The van der Waals surface area contributed by atoms with Crippen molar-refractivity contribution in [2.45, 2.75) is 94.9 Å². The van der Waals surface area contributed by atoms with E-state index >= 15 is 0 Å². The fourth-order valence-corrected chi connectivity index (χ4v) is 15.1. The maximum Gasteiger partial charge on any atom is 0.295 e. The van der Waals surface area contributed by atoms with Gasteiger partial charge in [-0.1, -0.05) is 58.1 Å². The highest BCUT2D eigenvalue weighted by atomic mass is 32.2. The average Bonchev–Trinajstić information content (AvgIpc) is 1.52. The minimum atomic E-state index is -5.18. The number of hydrogen-bond donors (Lipinski definition) is 9. The number of nitrogens with one attached hydrogen (secondary N) is 2. The summed E-state index contributed by atoms with van der Waals surface area (Å²) < 4.78 is 234. The lowest BCUT2D eigenvalue weighted by molar-refractivity contribution is -0.121. The summed E-state index contributed by atoms with van der Waals surface area (Å²) in [4.78, 5) is 37.9. The van der Waals surface area contributed by atoms with Gasteiger partial charge in [0.05, 0.1) is 57.5 Å². The Labute approximate surface area is 517 Å². The molecule has 0 saturated heterocycles. The number of carbonyl (C=O) groups excluding carboxylic acids is 2. The van der Waals surface area contributed by atoms with Crippen molar-refractivity contribution in [2.24, 2.45) is 5.14 Å². The van der Waals surface area contributed by atoms with Gasteiger partial charge in [-0.25, -0.2) is 23.5 Å². The smallest absolute Gasteiger partial charge is 0.295 e.